The number of hydrazine groups is 1. The van der Waals surface area contributed by atoms with E-state index in [0.29, 0.717) is 12.0 Å². The maximum atomic E-state index is 12.3. The molecule has 4 atom stereocenters. The van der Waals surface area contributed by atoms with Gasteiger partial charge < -0.3 is 5.11 Å². The summed E-state index contributed by atoms with van der Waals surface area (Å²) in [5.41, 5.74) is 5.12. The first kappa shape index (κ1) is 14.3. The standard InChI is InChI=1S/C16H16N2O4/c19-14(9-4-2-1-3-5-9)17-18-15(20)12-10-6-7-11(8-10)13(12)16(21)22/h1-7,10-13H,8H2,(H,17,19)(H,18,20)(H,21,22)/t10-,11+,12-,13+/m1/s1. The molecule has 0 radical (unpaired) electrons. The van der Waals surface area contributed by atoms with Crippen LogP contribution in [0.25, 0.3) is 0 Å². The molecule has 1 saturated carbocycles. The van der Waals surface area contributed by atoms with Gasteiger partial charge in [-0.3, -0.25) is 25.2 Å². The van der Waals surface area contributed by atoms with E-state index in [2.05, 4.69) is 10.9 Å². The molecule has 1 fully saturated rings. The number of hydrogen-bond acceptors (Lipinski definition) is 3. The van der Waals surface area contributed by atoms with Crippen molar-refractivity contribution >= 4 is 17.8 Å². The number of fused-ring (bicyclic) bond motifs is 2. The van der Waals surface area contributed by atoms with E-state index < -0.39 is 29.6 Å². The van der Waals surface area contributed by atoms with Gasteiger partial charge >= 0.3 is 5.97 Å². The van der Waals surface area contributed by atoms with Crippen molar-refractivity contribution in [2.24, 2.45) is 23.7 Å². The number of rotatable bonds is 3. The highest BCUT2D eigenvalue weighted by Crippen LogP contribution is 2.48. The van der Waals surface area contributed by atoms with Gasteiger partial charge in [0.2, 0.25) is 5.91 Å². The van der Waals surface area contributed by atoms with E-state index in [0.717, 1.165) is 0 Å². The molecule has 2 aliphatic rings. The summed E-state index contributed by atoms with van der Waals surface area (Å²) < 4.78 is 0. The lowest BCUT2D eigenvalue weighted by molar-refractivity contribution is -0.148. The third-order valence-electron chi connectivity index (χ3n) is 4.38. The SMILES string of the molecule is O=C(NNC(=O)[C@H]1[C@@H](C(=O)O)[C@H]2C=C[C@@H]1C2)c1ccccc1. The summed E-state index contributed by atoms with van der Waals surface area (Å²) in [7, 11) is 0. The minimum Gasteiger partial charge on any atom is -0.481 e. The van der Waals surface area contributed by atoms with Gasteiger partial charge in [0.05, 0.1) is 11.8 Å². The second-order valence-corrected chi connectivity index (χ2v) is 5.65. The number of carbonyl (C=O) groups excluding carboxylic acids is 2. The molecule has 6 nitrogen and oxygen atoms in total. The lowest BCUT2D eigenvalue weighted by atomic mass is 9.82. The van der Waals surface area contributed by atoms with Crippen LogP contribution in [0.15, 0.2) is 42.5 Å². The zero-order valence-electron chi connectivity index (χ0n) is 11.7. The third-order valence-corrected chi connectivity index (χ3v) is 4.38. The van der Waals surface area contributed by atoms with Crippen LogP contribution in [0.2, 0.25) is 0 Å². The van der Waals surface area contributed by atoms with Gasteiger partial charge in [-0.2, -0.15) is 0 Å². The van der Waals surface area contributed by atoms with E-state index in [9.17, 15) is 19.5 Å². The normalized spacial score (nSPS) is 28.4. The van der Waals surface area contributed by atoms with Gasteiger partial charge in [0, 0.05) is 5.56 Å². The summed E-state index contributed by atoms with van der Waals surface area (Å²) in [6, 6.07) is 8.48. The monoisotopic (exact) mass is 300 g/mol. The number of aliphatic carboxylic acids is 1. The minimum absolute atomic E-state index is 0.0697. The lowest BCUT2D eigenvalue weighted by Crippen LogP contribution is -2.48. The Balaban J connectivity index is 1.64. The van der Waals surface area contributed by atoms with Gasteiger partial charge in [-0.05, 0) is 30.4 Å². The molecular formula is C16H16N2O4. The first-order chi connectivity index (χ1) is 10.6. The molecule has 0 aromatic heterocycles. The number of allylic oxidation sites excluding steroid dienone is 2. The van der Waals surface area contributed by atoms with E-state index in [-0.39, 0.29) is 11.8 Å². The van der Waals surface area contributed by atoms with Crippen molar-refractivity contribution in [1.29, 1.82) is 0 Å². The summed E-state index contributed by atoms with van der Waals surface area (Å²) in [5.74, 6) is -3.37. The van der Waals surface area contributed by atoms with E-state index in [1.54, 1.807) is 30.3 Å². The smallest absolute Gasteiger partial charge is 0.307 e. The maximum absolute atomic E-state index is 12.3. The highest BCUT2D eigenvalue weighted by atomic mass is 16.4. The van der Waals surface area contributed by atoms with Gasteiger partial charge in [0.1, 0.15) is 0 Å². The fourth-order valence-corrected chi connectivity index (χ4v) is 3.38. The average molecular weight is 300 g/mol. The van der Waals surface area contributed by atoms with Gasteiger partial charge in [-0.15, -0.1) is 0 Å². The Morgan fingerprint density at radius 2 is 1.59 bits per heavy atom. The highest BCUT2D eigenvalue weighted by molar-refractivity contribution is 5.96. The van der Waals surface area contributed by atoms with Crippen molar-refractivity contribution in [2.75, 3.05) is 0 Å². The van der Waals surface area contributed by atoms with E-state index >= 15 is 0 Å². The molecule has 2 bridgehead atoms. The van der Waals surface area contributed by atoms with Crippen molar-refractivity contribution < 1.29 is 19.5 Å². The second kappa shape index (κ2) is 5.63. The van der Waals surface area contributed by atoms with Crippen LogP contribution >= 0.6 is 0 Å². The molecular weight excluding hydrogens is 284 g/mol. The largest absolute Gasteiger partial charge is 0.481 e. The predicted octanol–water partition coefficient (Wildman–Crippen LogP) is 0.970. The number of nitrogens with one attached hydrogen (secondary N) is 2. The van der Waals surface area contributed by atoms with Crippen LogP contribution in [0.4, 0.5) is 0 Å². The number of hydrogen-bond donors (Lipinski definition) is 3. The Kier molecular flexibility index (Phi) is 3.66. The Hall–Kier alpha value is -2.63. The average Bonchev–Trinajstić information content (AvgIpc) is 3.14. The van der Waals surface area contributed by atoms with Crippen molar-refractivity contribution in [3.8, 4) is 0 Å². The molecule has 0 unspecified atom stereocenters. The van der Waals surface area contributed by atoms with Gasteiger partial charge in [0.25, 0.3) is 5.91 Å². The molecule has 0 aliphatic heterocycles. The molecule has 1 aromatic rings. The number of carboxylic acids is 1. The quantitative estimate of drug-likeness (QED) is 0.572. The molecule has 6 heteroatoms. The van der Waals surface area contributed by atoms with E-state index in [1.807, 2.05) is 12.2 Å². The Morgan fingerprint density at radius 1 is 0.955 bits per heavy atom. The zero-order valence-corrected chi connectivity index (χ0v) is 11.7. The first-order valence-corrected chi connectivity index (χ1v) is 7.14. The fourth-order valence-electron chi connectivity index (χ4n) is 3.38. The van der Waals surface area contributed by atoms with Crippen LogP contribution in [0, 0.1) is 23.7 Å². The molecule has 2 aliphatic carbocycles. The van der Waals surface area contributed by atoms with Gasteiger partial charge in [-0.25, -0.2) is 0 Å². The molecule has 3 N–H and O–H groups in total. The van der Waals surface area contributed by atoms with Crippen molar-refractivity contribution in [3.05, 3.63) is 48.0 Å². The molecule has 22 heavy (non-hydrogen) atoms. The van der Waals surface area contributed by atoms with Crippen LogP contribution in [0.3, 0.4) is 0 Å². The topological polar surface area (TPSA) is 95.5 Å². The van der Waals surface area contributed by atoms with Crippen LogP contribution in [0.1, 0.15) is 16.8 Å². The summed E-state index contributed by atoms with van der Waals surface area (Å²) in [6.07, 6.45) is 4.45. The summed E-state index contributed by atoms with van der Waals surface area (Å²) in [5, 5.41) is 9.31. The summed E-state index contributed by atoms with van der Waals surface area (Å²) in [6.45, 7) is 0. The number of benzene rings is 1. The summed E-state index contributed by atoms with van der Waals surface area (Å²) >= 11 is 0. The predicted molar refractivity (Wildman–Crippen MR) is 77.4 cm³/mol. The molecule has 1 aromatic carbocycles. The fraction of sp³-hybridized carbons (Fsp3) is 0.312. The third kappa shape index (κ3) is 2.47. The van der Waals surface area contributed by atoms with Crippen LogP contribution in [-0.4, -0.2) is 22.9 Å². The van der Waals surface area contributed by atoms with Gasteiger partial charge in [-0.1, -0.05) is 30.4 Å². The Bertz CT molecular complexity index is 641. The zero-order chi connectivity index (χ0) is 15.7. The van der Waals surface area contributed by atoms with E-state index in [4.69, 9.17) is 0 Å². The van der Waals surface area contributed by atoms with Crippen LogP contribution in [-0.2, 0) is 9.59 Å². The Labute approximate surface area is 127 Å². The maximum Gasteiger partial charge on any atom is 0.307 e. The van der Waals surface area contributed by atoms with Gasteiger partial charge in [0.15, 0.2) is 0 Å². The number of amides is 2. The molecule has 0 spiro atoms. The molecule has 2 amide bonds. The first-order valence-electron chi connectivity index (χ1n) is 7.14. The van der Waals surface area contributed by atoms with Crippen LogP contribution in [0.5, 0.6) is 0 Å². The highest BCUT2D eigenvalue weighted by Gasteiger charge is 2.51. The van der Waals surface area contributed by atoms with Crippen molar-refractivity contribution in [2.45, 2.75) is 6.42 Å². The van der Waals surface area contributed by atoms with E-state index in [1.165, 1.54) is 0 Å². The second-order valence-electron chi connectivity index (χ2n) is 5.65. The number of carboxylic acid groups (broad SMARTS) is 1. The number of carbonyl (C=O) groups is 3. The summed E-state index contributed by atoms with van der Waals surface area (Å²) in [4.78, 5) is 35.5. The molecule has 0 saturated heterocycles. The molecule has 3 rings (SSSR count). The Morgan fingerprint density at radius 3 is 2.23 bits per heavy atom. The van der Waals surface area contributed by atoms with Crippen molar-refractivity contribution in [1.82, 2.24) is 10.9 Å². The minimum atomic E-state index is -0.966. The lowest BCUT2D eigenvalue weighted by Gasteiger charge is -2.23. The van der Waals surface area contributed by atoms with Crippen molar-refractivity contribution in [3.63, 3.8) is 0 Å². The molecule has 0 heterocycles. The van der Waals surface area contributed by atoms with Crippen LogP contribution < -0.4 is 10.9 Å². The molecule has 114 valence electrons.